The summed E-state index contributed by atoms with van der Waals surface area (Å²) in [6.07, 6.45) is 1.31. The molecule has 9 heteroatoms. The highest BCUT2D eigenvalue weighted by molar-refractivity contribution is 7.17. The number of ether oxygens (including phenoxy) is 1. The summed E-state index contributed by atoms with van der Waals surface area (Å²) in [5, 5.41) is 20.1. The van der Waals surface area contributed by atoms with E-state index >= 15 is 0 Å². The molecule has 0 saturated carbocycles. The topological polar surface area (TPSA) is 97.2 Å². The Hall–Kier alpha value is -3.17. The fourth-order valence-electron chi connectivity index (χ4n) is 2.42. The zero-order valence-electron chi connectivity index (χ0n) is 15.5. The summed E-state index contributed by atoms with van der Waals surface area (Å²) in [7, 11) is 0. The first kappa shape index (κ1) is 20.6. The van der Waals surface area contributed by atoms with E-state index in [2.05, 4.69) is 10.5 Å². The summed E-state index contributed by atoms with van der Waals surface area (Å²) in [5.74, 6) is -0.904. The third-order valence-electron chi connectivity index (χ3n) is 3.71. The normalized spacial score (nSPS) is 10.8. The van der Waals surface area contributed by atoms with Gasteiger partial charge in [0.05, 0.1) is 12.8 Å². The molecular weight excluding hydrogens is 412 g/mol. The highest BCUT2D eigenvalue weighted by Gasteiger charge is 2.23. The van der Waals surface area contributed by atoms with Gasteiger partial charge in [0.2, 0.25) is 0 Å². The number of carbonyl (C=O) groups is 2. The molecule has 0 bridgehead atoms. The number of amides is 1. The van der Waals surface area contributed by atoms with E-state index in [1.54, 1.807) is 25.1 Å². The third kappa shape index (κ3) is 5.21. The lowest BCUT2D eigenvalue weighted by atomic mass is 10.1. The maximum atomic E-state index is 12.4. The fourth-order valence-corrected chi connectivity index (χ4v) is 4.21. The fraction of sp³-hybridized carbons (Fsp3) is 0.150. The van der Waals surface area contributed by atoms with E-state index in [0.717, 1.165) is 10.4 Å². The van der Waals surface area contributed by atoms with Crippen molar-refractivity contribution in [1.29, 1.82) is 0 Å². The number of phenols is 1. The molecule has 3 rings (SSSR count). The maximum absolute atomic E-state index is 12.4. The van der Waals surface area contributed by atoms with E-state index in [9.17, 15) is 14.7 Å². The van der Waals surface area contributed by atoms with E-state index < -0.39 is 11.9 Å². The Labute approximate surface area is 175 Å². The molecule has 2 aromatic heterocycles. The second-order valence-corrected chi connectivity index (χ2v) is 7.49. The number of nitrogens with zero attached hydrogens (tertiary/aromatic N) is 1. The van der Waals surface area contributed by atoms with Crippen LogP contribution in [0.5, 0.6) is 5.75 Å². The van der Waals surface area contributed by atoms with Crippen LogP contribution in [0, 0.1) is 0 Å². The Kier molecular flexibility index (Phi) is 6.99. The zero-order valence-corrected chi connectivity index (χ0v) is 17.1. The number of benzene rings is 1. The number of hydrogen-bond donors (Lipinski definition) is 2. The molecule has 0 fully saturated rings. The van der Waals surface area contributed by atoms with E-state index in [0.29, 0.717) is 16.1 Å². The largest absolute Gasteiger partial charge is 0.507 e. The van der Waals surface area contributed by atoms with Crippen molar-refractivity contribution in [3.05, 3.63) is 58.3 Å². The smallest absolute Gasteiger partial charge is 0.341 e. The van der Waals surface area contributed by atoms with Crippen LogP contribution in [0.2, 0.25) is 0 Å². The van der Waals surface area contributed by atoms with E-state index in [4.69, 9.17) is 9.57 Å². The van der Waals surface area contributed by atoms with Crippen LogP contribution < -0.4 is 5.32 Å². The van der Waals surface area contributed by atoms with Gasteiger partial charge in [-0.05, 0) is 30.5 Å². The number of anilines is 1. The molecule has 0 unspecified atom stereocenters. The molecule has 0 spiro atoms. The van der Waals surface area contributed by atoms with Crippen molar-refractivity contribution >= 4 is 45.8 Å². The van der Waals surface area contributed by atoms with Crippen molar-refractivity contribution in [2.24, 2.45) is 5.16 Å². The molecule has 0 saturated heterocycles. The molecule has 2 heterocycles. The number of hydrogen-bond acceptors (Lipinski definition) is 8. The van der Waals surface area contributed by atoms with Gasteiger partial charge in [-0.2, -0.15) is 0 Å². The average Bonchev–Trinajstić information content (AvgIpc) is 3.36. The van der Waals surface area contributed by atoms with E-state index in [1.807, 2.05) is 22.9 Å². The van der Waals surface area contributed by atoms with Crippen molar-refractivity contribution in [2.45, 2.75) is 6.92 Å². The number of para-hydroxylation sites is 1. The number of rotatable bonds is 8. The van der Waals surface area contributed by atoms with Crippen molar-refractivity contribution in [2.75, 3.05) is 18.5 Å². The van der Waals surface area contributed by atoms with Crippen LogP contribution >= 0.6 is 22.7 Å². The second kappa shape index (κ2) is 9.85. The number of esters is 1. The lowest BCUT2D eigenvalue weighted by Crippen LogP contribution is -2.18. The molecule has 0 aliphatic heterocycles. The van der Waals surface area contributed by atoms with Crippen molar-refractivity contribution in [3.63, 3.8) is 0 Å². The highest BCUT2D eigenvalue weighted by atomic mass is 32.1. The molecule has 150 valence electrons. The van der Waals surface area contributed by atoms with Gasteiger partial charge in [0, 0.05) is 21.4 Å². The SMILES string of the molecule is CCOC(=O)c1c(-c2cccs2)csc1NC(=O)CO/N=C\c1ccccc1O. The minimum atomic E-state index is -0.494. The summed E-state index contributed by atoms with van der Waals surface area (Å²) in [6.45, 7) is 1.61. The van der Waals surface area contributed by atoms with Gasteiger partial charge in [-0.15, -0.1) is 22.7 Å². The van der Waals surface area contributed by atoms with Crippen LogP contribution in [-0.4, -0.2) is 36.4 Å². The quantitative estimate of drug-likeness (QED) is 0.315. The van der Waals surface area contributed by atoms with Gasteiger partial charge < -0.3 is 20.0 Å². The van der Waals surface area contributed by atoms with Crippen LogP contribution in [-0.2, 0) is 14.4 Å². The van der Waals surface area contributed by atoms with E-state index in [1.165, 1.54) is 35.0 Å². The number of oxime groups is 1. The molecule has 2 N–H and O–H groups in total. The zero-order chi connectivity index (χ0) is 20.6. The molecule has 0 atom stereocenters. The van der Waals surface area contributed by atoms with Crippen molar-refractivity contribution < 1.29 is 24.3 Å². The molecule has 1 aromatic carbocycles. The van der Waals surface area contributed by atoms with Crippen molar-refractivity contribution in [1.82, 2.24) is 0 Å². The van der Waals surface area contributed by atoms with Crippen LogP contribution in [0.3, 0.4) is 0 Å². The van der Waals surface area contributed by atoms with Crippen LogP contribution in [0.15, 0.2) is 52.3 Å². The molecule has 0 radical (unpaired) electrons. The maximum Gasteiger partial charge on any atom is 0.341 e. The number of thiophene rings is 2. The Balaban J connectivity index is 1.67. The van der Waals surface area contributed by atoms with Gasteiger partial charge in [0.1, 0.15) is 16.3 Å². The Morgan fingerprint density at radius 3 is 2.76 bits per heavy atom. The summed E-state index contributed by atoms with van der Waals surface area (Å²) >= 11 is 2.74. The standard InChI is InChI=1S/C20H18N2O5S2/c1-2-26-20(25)18-14(16-8-5-9-28-16)12-29-19(18)22-17(24)11-27-21-10-13-6-3-4-7-15(13)23/h3-10,12,23H,2,11H2,1H3,(H,22,24)/b21-10-. The van der Waals surface area contributed by atoms with Gasteiger partial charge in [-0.25, -0.2) is 4.79 Å². The third-order valence-corrected chi connectivity index (χ3v) is 5.51. The number of carbonyl (C=O) groups excluding carboxylic acids is 2. The molecule has 3 aromatic rings. The highest BCUT2D eigenvalue weighted by Crippen LogP contribution is 2.38. The minimum absolute atomic E-state index is 0.0584. The summed E-state index contributed by atoms with van der Waals surface area (Å²) in [4.78, 5) is 30.6. The Morgan fingerprint density at radius 1 is 1.21 bits per heavy atom. The first-order valence-corrected chi connectivity index (χ1v) is 10.4. The van der Waals surface area contributed by atoms with Crippen LogP contribution in [0.4, 0.5) is 5.00 Å². The van der Waals surface area contributed by atoms with Gasteiger partial charge in [0.25, 0.3) is 5.91 Å². The van der Waals surface area contributed by atoms with Crippen LogP contribution in [0.1, 0.15) is 22.8 Å². The molecule has 0 aliphatic carbocycles. The number of nitrogens with one attached hydrogen (secondary N) is 1. The Bertz CT molecular complexity index is 1010. The average molecular weight is 431 g/mol. The first-order valence-electron chi connectivity index (χ1n) is 8.65. The summed E-state index contributed by atoms with van der Waals surface area (Å²) in [6, 6.07) is 10.4. The van der Waals surface area contributed by atoms with Gasteiger partial charge in [-0.1, -0.05) is 23.4 Å². The Morgan fingerprint density at radius 2 is 2.03 bits per heavy atom. The molecule has 1 amide bonds. The second-order valence-electron chi connectivity index (χ2n) is 5.67. The van der Waals surface area contributed by atoms with Gasteiger partial charge in [-0.3, -0.25) is 4.79 Å². The van der Waals surface area contributed by atoms with E-state index in [-0.39, 0.29) is 19.0 Å². The van der Waals surface area contributed by atoms with Gasteiger partial charge in [0.15, 0.2) is 6.61 Å². The summed E-state index contributed by atoms with van der Waals surface area (Å²) in [5.41, 5.74) is 1.51. The predicted molar refractivity (Wildman–Crippen MR) is 114 cm³/mol. The first-order chi connectivity index (χ1) is 14.1. The summed E-state index contributed by atoms with van der Waals surface area (Å²) < 4.78 is 5.15. The van der Waals surface area contributed by atoms with Crippen LogP contribution in [0.25, 0.3) is 10.4 Å². The van der Waals surface area contributed by atoms with Gasteiger partial charge >= 0.3 is 5.97 Å². The number of phenolic OH excluding ortho intramolecular Hbond substituents is 1. The molecular formula is C20H18N2O5S2. The lowest BCUT2D eigenvalue weighted by Gasteiger charge is -2.07. The predicted octanol–water partition coefficient (Wildman–Crippen LogP) is 4.35. The molecule has 29 heavy (non-hydrogen) atoms. The monoisotopic (exact) mass is 430 g/mol. The number of aromatic hydroxyl groups is 1. The van der Waals surface area contributed by atoms with Crippen molar-refractivity contribution in [3.8, 4) is 16.2 Å². The molecule has 7 nitrogen and oxygen atoms in total. The molecule has 0 aliphatic rings. The minimum Gasteiger partial charge on any atom is -0.507 e. The lowest BCUT2D eigenvalue weighted by molar-refractivity contribution is -0.120.